The van der Waals surface area contributed by atoms with Gasteiger partial charge in [-0.25, -0.2) is 14.4 Å². The van der Waals surface area contributed by atoms with Crippen molar-refractivity contribution in [3.63, 3.8) is 0 Å². The summed E-state index contributed by atoms with van der Waals surface area (Å²) >= 11 is 3.23. The molecule has 3 aliphatic heterocycles. The van der Waals surface area contributed by atoms with E-state index in [2.05, 4.69) is 48.1 Å². The molecule has 2 fully saturated rings. The first kappa shape index (κ1) is 20.1. The molecule has 1 aromatic heterocycles. The zero-order chi connectivity index (χ0) is 21.8. The molecule has 3 atom stereocenters. The van der Waals surface area contributed by atoms with E-state index in [-0.39, 0.29) is 11.9 Å². The Labute approximate surface area is 193 Å². The van der Waals surface area contributed by atoms with Gasteiger partial charge in [0.1, 0.15) is 24.9 Å². The van der Waals surface area contributed by atoms with Gasteiger partial charge in [-0.2, -0.15) is 0 Å². The number of rotatable bonds is 4. The summed E-state index contributed by atoms with van der Waals surface area (Å²) in [4.78, 5) is 13.7. The normalized spacial score (nSPS) is 24.9. The lowest BCUT2D eigenvalue weighted by Crippen LogP contribution is -2.49. The van der Waals surface area contributed by atoms with Crippen LogP contribution in [0.3, 0.4) is 0 Å². The topological polar surface area (TPSA) is 62.8 Å². The first-order valence-corrected chi connectivity index (χ1v) is 11.6. The molecular formula is C23H23BrFN5O2. The highest BCUT2D eigenvalue weighted by Gasteiger charge is 2.42. The molecule has 3 aliphatic rings. The van der Waals surface area contributed by atoms with Crippen molar-refractivity contribution in [3.05, 3.63) is 46.9 Å². The molecule has 0 radical (unpaired) electrons. The number of anilines is 2. The molecule has 3 aromatic rings. The van der Waals surface area contributed by atoms with Crippen molar-refractivity contribution in [3.8, 4) is 11.5 Å². The summed E-state index contributed by atoms with van der Waals surface area (Å²) in [7, 11) is 2.21. The molecule has 2 aromatic carbocycles. The maximum atomic E-state index is 14.5. The van der Waals surface area contributed by atoms with Crippen LogP contribution in [0.1, 0.15) is 6.42 Å². The Morgan fingerprint density at radius 2 is 2.09 bits per heavy atom. The van der Waals surface area contributed by atoms with Crippen molar-refractivity contribution in [1.82, 2.24) is 19.8 Å². The van der Waals surface area contributed by atoms with Gasteiger partial charge in [-0.1, -0.05) is 6.07 Å². The number of hydrogen-bond donors (Lipinski definition) is 1. The van der Waals surface area contributed by atoms with Gasteiger partial charge in [-0.15, -0.1) is 0 Å². The highest BCUT2D eigenvalue weighted by molar-refractivity contribution is 9.10. The molecule has 2 saturated heterocycles. The number of halogens is 2. The average Bonchev–Trinajstić information content (AvgIpc) is 3.35. The fourth-order valence-electron chi connectivity index (χ4n) is 5.02. The van der Waals surface area contributed by atoms with E-state index in [0.717, 1.165) is 25.0 Å². The van der Waals surface area contributed by atoms with Crippen molar-refractivity contribution in [1.29, 1.82) is 0 Å². The Morgan fingerprint density at radius 3 is 2.91 bits per heavy atom. The number of ether oxygens (including phenoxy) is 2. The lowest BCUT2D eigenvalue weighted by Gasteiger charge is -2.35. The highest BCUT2D eigenvalue weighted by atomic mass is 79.9. The van der Waals surface area contributed by atoms with Crippen LogP contribution in [0.2, 0.25) is 0 Å². The summed E-state index contributed by atoms with van der Waals surface area (Å²) < 4.78 is 27.3. The maximum absolute atomic E-state index is 14.5. The zero-order valence-corrected chi connectivity index (χ0v) is 19.2. The van der Waals surface area contributed by atoms with E-state index in [0.29, 0.717) is 51.7 Å². The fourth-order valence-corrected chi connectivity index (χ4v) is 5.38. The van der Waals surface area contributed by atoms with E-state index in [1.165, 1.54) is 12.7 Å². The monoisotopic (exact) mass is 499 g/mol. The minimum atomic E-state index is -0.373. The number of nitrogens with zero attached hydrogens (tertiary/aromatic N) is 4. The highest BCUT2D eigenvalue weighted by Crippen LogP contribution is 2.39. The minimum Gasteiger partial charge on any atom is -0.486 e. The number of fused-ring (bicyclic) bond motifs is 4. The van der Waals surface area contributed by atoms with Gasteiger partial charge in [-0.3, -0.25) is 4.90 Å². The van der Waals surface area contributed by atoms with E-state index < -0.39 is 0 Å². The second-order valence-electron chi connectivity index (χ2n) is 8.75. The molecule has 0 unspecified atom stereocenters. The Balaban J connectivity index is 1.26. The summed E-state index contributed by atoms with van der Waals surface area (Å²) in [6, 6.07) is 10.1. The van der Waals surface area contributed by atoms with Gasteiger partial charge in [0.05, 0.1) is 15.7 Å². The molecule has 4 heterocycles. The standard InChI is InChI=1S/C23H23BrFN5O2/c1-29-8-14-5-13(29)9-30(14)10-15-11-31-20-7-19-16(6-21(20)32-15)23(27-12-26-19)28-18-4-2-3-17(24)22(18)25/h2-4,6-7,12-15H,5,8-11H2,1H3,(H,26,27,28)/t13-,14-,15+/m1/s1. The average molecular weight is 500 g/mol. The van der Waals surface area contributed by atoms with Gasteiger partial charge >= 0.3 is 0 Å². The van der Waals surface area contributed by atoms with Crippen LogP contribution in [0.15, 0.2) is 41.1 Å². The van der Waals surface area contributed by atoms with Gasteiger partial charge in [-0.05, 0) is 47.6 Å². The number of likely N-dealkylation sites (tertiary alicyclic amines) is 2. The van der Waals surface area contributed by atoms with Crippen molar-refractivity contribution < 1.29 is 13.9 Å². The van der Waals surface area contributed by atoms with E-state index in [1.807, 2.05) is 12.1 Å². The summed E-state index contributed by atoms with van der Waals surface area (Å²) in [5.41, 5.74) is 1.04. The summed E-state index contributed by atoms with van der Waals surface area (Å²) in [6.07, 6.45) is 2.66. The Morgan fingerprint density at radius 1 is 1.19 bits per heavy atom. The molecule has 1 N–H and O–H groups in total. The van der Waals surface area contributed by atoms with Crippen molar-refractivity contribution in [2.75, 3.05) is 38.6 Å². The predicted molar refractivity (Wildman–Crippen MR) is 123 cm³/mol. The number of hydrogen-bond acceptors (Lipinski definition) is 7. The Bertz CT molecular complexity index is 1190. The number of benzene rings is 2. The molecule has 0 aliphatic carbocycles. The van der Waals surface area contributed by atoms with Gasteiger partial charge in [0.25, 0.3) is 0 Å². The Hall–Kier alpha value is -2.49. The molecule has 2 bridgehead atoms. The molecular weight excluding hydrogens is 477 g/mol. The fraction of sp³-hybridized carbons (Fsp3) is 0.391. The molecule has 0 saturated carbocycles. The Kier molecular flexibility index (Phi) is 4.93. The van der Waals surface area contributed by atoms with E-state index in [4.69, 9.17) is 9.47 Å². The van der Waals surface area contributed by atoms with Gasteiger partial charge in [0, 0.05) is 43.2 Å². The predicted octanol–water partition coefficient (Wildman–Crippen LogP) is 3.80. The van der Waals surface area contributed by atoms with Crippen LogP contribution in [0.5, 0.6) is 11.5 Å². The first-order chi connectivity index (χ1) is 15.5. The largest absolute Gasteiger partial charge is 0.486 e. The lowest BCUT2D eigenvalue weighted by atomic mass is 10.1. The zero-order valence-electron chi connectivity index (χ0n) is 17.6. The minimum absolute atomic E-state index is 0.0341. The van der Waals surface area contributed by atoms with E-state index in [1.54, 1.807) is 18.2 Å². The lowest BCUT2D eigenvalue weighted by molar-refractivity contribution is 0.0417. The second-order valence-corrected chi connectivity index (χ2v) is 9.61. The third-order valence-corrected chi connectivity index (χ3v) is 7.30. The van der Waals surface area contributed by atoms with Crippen LogP contribution in [-0.2, 0) is 0 Å². The van der Waals surface area contributed by atoms with E-state index >= 15 is 0 Å². The molecule has 0 amide bonds. The van der Waals surface area contributed by atoms with Crippen LogP contribution < -0.4 is 14.8 Å². The number of likely N-dealkylation sites (N-methyl/N-ethyl adjacent to an activating group) is 1. The van der Waals surface area contributed by atoms with Crippen LogP contribution >= 0.6 is 15.9 Å². The van der Waals surface area contributed by atoms with Crippen LogP contribution in [0.25, 0.3) is 10.9 Å². The third-order valence-electron chi connectivity index (χ3n) is 6.69. The SMILES string of the molecule is CN1C[C@H]2C[C@@H]1CN2C[C@H]1COc2cc3ncnc(Nc4cccc(Br)c4F)c3cc2O1. The molecule has 0 spiro atoms. The summed E-state index contributed by atoms with van der Waals surface area (Å²) in [6.45, 7) is 3.58. The summed E-state index contributed by atoms with van der Waals surface area (Å²) in [5, 5.41) is 3.84. The summed E-state index contributed by atoms with van der Waals surface area (Å²) in [5.74, 6) is 1.49. The van der Waals surface area contributed by atoms with Crippen LogP contribution in [0.4, 0.5) is 15.9 Å². The molecule has 6 rings (SSSR count). The van der Waals surface area contributed by atoms with Crippen molar-refractivity contribution in [2.24, 2.45) is 0 Å². The number of aromatic nitrogens is 2. The van der Waals surface area contributed by atoms with E-state index in [9.17, 15) is 4.39 Å². The van der Waals surface area contributed by atoms with Crippen LogP contribution in [0, 0.1) is 5.82 Å². The van der Waals surface area contributed by atoms with Crippen molar-refractivity contribution >= 4 is 38.3 Å². The molecule has 7 nitrogen and oxygen atoms in total. The van der Waals surface area contributed by atoms with Gasteiger partial charge in [0.15, 0.2) is 17.3 Å². The number of piperazine rings is 1. The first-order valence-electron chi connectivity index (χ1n) is 10.8. The number of nitrogens with one attached hydrogen (secondary N) is 1. The van der Waals surface area contributed by atoms with Crippen LogP contribution in [-0.4, -0.2) is 71.2 Å². The van der Waals surface area contributed by atoms with Crippen molar-refractivity contribution in [2.45, 2.75) is 24.6 Å². The molecule has 32 heavy (non-hydrogen) atoms. The quantitative estimate of drug-likeness (QED) is 0.585. The second kappa shape index (κ2) is 7.83. The third kappa shape index (κ3) is 3.48. The molecule has 166 valence electrons. The maximum Gasteiger partial charge on any atom is 0.163 e. The van der Waals surface area contributed by atoms with Gasteiger partial charge in [0.2, 0.25) is 0 Å². The smallest absolute Gasteiger partial charge is 0.163 e. The molecule has 9 heteroatoms. The van der Waals surface area contributed by atoms with Gasteiger partial charge < -0.3 is 19.7 Å².